The third-order valence-corrected chi connectivity index (χ3v) is 4.13. The summed E-state index contributed by atoms with van der Waals surface area (Å²) < 4.78 is 0. The molecule has 1 aromatic carbocycles. The highest BCUT2D eigenvalue weighted by Crippen LogP contribution is 2.48. The minimum atomic E-state index is -0.546. The second kappa shape index (κ2) is 5.14. The summed E-state index contributed by atoms with van der Waals surface area (Å²) in [5, 5.41) is 2.29. The monoisotopic (exact) mass is 285 g/mol. The molecular formula is C15H15N3O3. The normalized spacial score (nSPS) is 20.3. The molecule has 6 nitrogen and oxygen atoms in total. The number of piperazine rings is 1. The van der Waals surface area contributed by atoms with Gasteiger partial charge in [-0.25, -0.2) is 4.79 Å². The molecule has 0 bridgehead atoms. The van der Waals surface area contributed by atoms with Crippen LogP contribution in [0.1, 0.15) is 24.8 Å². The van der Waals surface area contributed by atoms with Crippen LogP contribution in [0.2, 0.25) is 0 Å². The van der Waals surface area contributed by atoms with E-state index in [-0.39, 0.29) is 24.9 Å². The highest BCUT2D eigenvalue weighted by molar-refractivity contribution is 6.02. The summed E-state index contributed by atoms with van der Waals surface area (Å²) in [5.41, 5.74) is 1.14. The summed E-state index contributed by atoms with van der Waals surface area (Å²) in [5.74, 6) is -0.634. The largest absolute Gasteiger partial charge is 0.353 e. The van der Waals surface area contributed by atoms with Crippen LogP contribution >= 0.6 is 0 Å². The van der Waals surface area contributed by atoms with E-state index < -0.39 is 5.54 Å². The number of carbonyl (C=O) groups is 2. The van der Waals surface area contributed by atoms with Crippen molar-refractivity contribution in [3.63, 3.8) is 0 Å². The summed E-state index contributed by atoms with van der Waals surface area (Å²) in [4.78, 5) is 39.6. The van der Waals surface area contributed by atoms with Crippen molar-refractivity contribution in [2.24, 2.45) is 4.99 Å². The number of nitrogens with one attached hydrogen (secondary N) is 1. The van der Waals surface area contributed by atoms with Crippen LogP contribution in [0.5, 0.6) is 0 Å². The number of aliphatic imine (C=N–C) groups is 1. The van der Waals surface area contributed by atoms with Crippen LogP contribution in [-0.4, -0.2) is 31.0 Å². The molecule has 1 N–H and O–H groups in total. The van der Waals surface area contributed by atoms with Gasteiger partial charge in [0.1, 0.15) is 5.54 Å². The van der Waals surface area contributed by atoms with E-state index in [2.05, 4.69) is 10.3 Å². The van der Waals surface area contributed by atoms with Gasteiger partial charge in [-0.05, 0) is 25.3 Å². The van der Waals surface area contributed by atoms with Gasteiger partial charge in [0, 0.05) is 11.3 Å². The quantitative estimate of drug-likeness (QED) is 0.507. The van der Waals surface area contributed by atoms with E-state index in [1.165, 1.54) is 0 Å². The maximum absolute atomic E-state index is 11.6. The van der Waals surface area contributed by atoms with Crippen molar-refractivity contribution in [3.05, 3.63) is 29.8 Å². The lowest BCUT2D eigenvalue weighted by atomic mass is 9.71. The number of nitrogens with zero attached hydrogens (tertiary/aromatic N) is 2. The van der Waals surface area contributed by atoms with E-state index in [0.29, 0.717) is 0 Å². The first-order valence-corrected chi connectivity index (χ1v) is 6.91. The van der Waals surface area contributed by atoms with Crippen LogP contribution in [0, 0.1) is 0 Å². The van der Waals surface area contributed by atoms with E-state index >= 15 is 0 Å². The van der Waals surface area contributed by atoms with E-state index in [0.717, 1.165) is 30.5 Å². The number of rotatable bonds is 3. The molecule has 2 aliphatic rings. The maximum atomic E-state index is 11.6. The smallest absolute Gasteiger partial charge is 0.246 e. The molecular weight excluding hydrogens is 270 g/mol. The third-order valence-electron chi connectivity index (χ3n) is 4.13. The van der Waals surface area contributed by atoms with Gasteiger partial charge in [-0.15, -0.1) is 0 Å². The average Bonchev–Trinajstić information content (AvgIpc) is 2.42. The Balaban J connectivity index is 2.02. The fourth-order valence-corrected chi connectivity index (χ4v) is 2.99. The van der Waals surface area contributed by atoms with Crippen molar-refractivity contribution >= 4 is 23.6 Å². The fourth-order valence-electron chi connectivity index (χ4n) is 2.99. The number of amides is 2. The summed E-state index contributed by atoms with van der Waals surface area (Å²) >= 11 is 0. The molecule has 1 saturated heterocycles. The van der Waals surface area contributed by atoms with Gasteiger partial charge < -0.3 is 4.90 Å². The number of hydrogen-bond donors (Lipinski definition) is 1. The number of imide groups is 1. The molecule has 1 aliphatic carbocycles. The number of isocyanates is 1. The number of carbonyl (C=O) groups excluding carboxylic acids is 3. The average molecular weight is 285 g/mol. The van der Waals surface area contributed by atoms with Gasteiger partial charge in [0.05, 0.1) is 13.1 Å². The number of hydrogen-bond acceptors (Lipinski definition) is 5. The van der Waals surface area contributed by atoms with Gasteiger partial charge in [-0.1, -0.05) is 18.2 Å². The zero-order valence-corrected chi connectivity index (χ0v) is 11.5. The predicted molar refractivity (Wildman–Crippen MR) is 75.5 cm³/mol. The van der Waals surface area contributed by atoms with Gasteiger partial charge in [0.25, 0.3) is 0 Å². The van der Waals surface area contributed by atoms with Gasteiger partial charge >= 0.3 is 0 Å². The van der Waals surface area contributed by atoms with Crippen LogP contribution < -0.4 is 10.2 Å². The van der Waals surface area contributed by atoms with Crippen molar-refractivity contribution in [2.45, 2.75) is 24.8 Å². The standard InChI is InChI=1S/C15H15N3O3/c19-10-16-15(6-3-7-15)11-4-1-2-5-12(11)18-8-13(20)17-14(21)9-18/h1-2,4-5H,3,6-9H2,(H,17,20,21). The Morgan fingerprint density at radius 3 is 2.38 bits per heavy atom. The second-order valence-corrected chi connectivity index (χ2v) is 5.43. The summed E-state index contributed by atoms with van der Waals surface area (Å²) in [6, 6.07) is 7.51. The van der Waals surface area contributed by atoms with E-state index in [1.807, 2.05) is 24.3 Å². The van der Waals surface area contributed by atoms with Crippen molar-refractivity contribution in [2.75, 3.05) is 18.0 Å². The lowest BCUT2D eigenvalue weighted by Gasteiger charge is -2.40. The lowest BCUT2D eigenvalue weighted by Crippen LogP contribution is -2.52. The van der Waals surface area contributed by atoms with Gasteiger partial charge in [-0.3, -0.25) is 14.9 Å². The van der Waals surface area contributed by atoms with Crippen LogP contribution in [0.25, 0.3) is 0 Å². The molecule has 0 unspecified atom stereocenters. The van der Waals surface area contributed by atoms with Crippen molar-refractivity contribution in [1.29, 1.82) is 0 Å². The topological polar surface area (TPSA) is 78.8 Å². The first-order chi connectivity index (χ1) is 10.1. The lowest BCUT2D eigenvalue weighted by molar-refractivity contribution is -0.130. The number of benzene rings is 1. The molecule has 1 heterocycles. The van der Waals surface area contributed by atoms with E-state index in [9.17, 15) is 14.4 Å². The van der Waals surface area contributed by atoms with Gasteiger partial charge in [0.15, 0.2) is 0 Å². The zero-order valence-electron chi connectivity index (χ0n) is 11.5. The summed E-state index contributed by atoms with van der Waals surface area (Å²) in [6.07, 6.45) is 4.24. The third kappa shape index (κ3) is 2.34. The minimum Gasteiger partial charge on any atom is -0.353 e. The Bertz CT molecular complexity index is 629. The molecule has 1 aromatic rings. The predicted octanol–water partition coefficient (Wildman–Crippen LogP) is 0.864. The molecule has 2 amide bonds. The molecule has 21 heavy (non-hydrogen) atoms. The zero-order chi connectivity index (χ0) is 14.9. The number of para-hydroxylation sites is 1. The fraction of sp³-hybridized carbons (Fsp3) is 0.400. The van der Waals surface area contributed by atoms with Gasteiger partial charge in [-0.2, -0.15) is 4.99 Å². The number of anilines is 1. The highest BCUT2D eigenvalue weighted by atomic mass is 16.2. The Morgan fingerprint density at radius 2 is 1.81 bits per heavy atom. The molecule has 1 saturated carbocycles. The Kier molecular flexibility index (Phi) is 3.31. The first-order valence-electron chi connectivity index (χ1n) is 6.91. The molecule has 0 atom stereocenters. The molecule has 0 radical (unpaired) electrons. The van der Waals surface area contributed by atoms with Crippen molar-refractivity contribution in [3.8, 4) is 0 Å². The highest BCUT2D eigenvalue weighted by Gasteiger charge is 2.41. The second-order valence-electron chi connectivity index (χ2n) is 5.43. The molecule has 0 spiro atoms. The van der Waals surface area contributed by atoms with Crippen LogP contribution in [0.4, 0.5) is 5.69 Å². The molecule has 1 aliphatic heterocycles. The van der Waals surface area contributed by atoms with Crippen molar-refractivity contribution < 1.29 is 14.4 Å². The van der Waals surface area contributed by atoms with Crippen LogP contribution in [-0.2, 0) is 19.9 Å². The molecule has 108 valence electrons. The molecule has 2 fully saturated rings. The Labute approximate surface area is 121 Å². The van der Waals surface area contributed by atoms with Gasteiger partial charge in [0.2, 0.25) is 17.9 Å². The first kappa shape index (κ1) is 13.5. The Morgan fingerprint density at radius 1 is 1.14 bits per heavy atom. The van der Waals surface area contributed by atoms with E-state index in [4.69, 9.17) is 0 Å². The Hall–Kier alpha value is -2.46. The summed E-state index contributed by atoms with van der Waals surface area (Å²) in [6.45, 7) is 0.257. The van der Waals surface area contributed by atoms with Crippen LogP contribution in [0.3, 0.4) is 0 Å². The van der Waals surface area contributed by atoms with E-state index in [1.54, 1.807) is 11.0 Å². The SMILES string of the molecule is O=C=NC1(c2ccccc2N2CC(=O)NC(=O)C2)CCC1. The maximum Gasteiger partial charge on any atom is 0.246 e. The molecule has 0 aromatic heterocycles. The van der Waals surface area contributed by atoms with Crippen LogP contribution in [0.15, 0.2) is 29.3 Å². The molecule has 6 heteroatoms. The van der Waals surface area contributed by atoms with Crippen molar-refractivity contribution in [1.82, 2.24) is 5.32 Å². The summed E-state index contributed by atoms with van der Waals surface area (Å²) in [7, 11) is 0. The minimum absolute atomic E-state index is 0.129. The molecule has 3 rings (SSSR count).